The minimum Gasteiger partial charge on any atom is -0.330 e. The molecule has 0 bridgehead atoms. The third-order valence-electron chi connectivity index (χ3n) is 4.38. The van der Waals surface area contributed by atoms with Gasteiger partial charge in [-0.05, 0) is 45.1 Å². The zero-order valence-electron chi connectivity index (χ0n) is 15.7. The Morgan fingerprint density at radius 1 is 0.696 bits per heavy atom. The zero-order valence-corrected chi connectivity index (χ0v) is 15.7. The van der Waals surface area contributed by atoms with Gasteiger partial charge in [0.2, 0.25) is 0 Å². The van der Waals surface area contributed by atoms with Gasteiger partial charge >= 0.3 is 0 Å². The van der Waals surface area contributed by atoms with Crippen LogP contribution in [0.2, 0.25) is 0 Å². The Morgan fingerprint density at radius 2 is 1.17 bits per heavy atom. The predicted octanol–water partition coefficient (Wildman–Crippen LogP) is 6.33. The molecule has 0 atom stereocenters. The molecule has 0 saturated heterocycles. The van der Waals surface area contributed by atoms with E-state index in [0.717, 1.165) is 19.3 Å². The molecule has 0 aliphatic heterocycles. The molecule has 0 aromatic rings. The van der Waals surface area contributed by atoms with Gasteiger partial charge in [0.05, 0.1) is 0 Å². The average molecular weight is 324 g/mol. The van der Waals surface area contributed by atoms with Crippen LogP contribution in [0.5, 0.6) is 0 Å². The van der Waals surface area contributed by atoms with Crippen LogP contribution >= 0.6 is 0 Å². The SMILES string of the molecule is CCCCCCCC/C=C\CCCCCCCC(=O)CCCN. The van der Waals surface area contributed by atoms with E-state index in [1.165, 1.54) is 77.0 Å². The molecule has 0 radical (unpaired) electrons. The molecular formula is C21H41NO. The first kappa shape index (κ1) is 22.4. The van der Waals surface area contributed by atoms with Crippen LogP contribution in [0.15, 0.2) is 12.2 Å². The number of carbonyl (C=O) groups excluding carboxylic acids is 1. The molecule has 0 rings (SSSR count). The van der Waals surface area contributed by atoms with Gasteiger partial charge in [0.25, 0.3) is 0 Å². The minimum absolute atomic E-state index is 0.396. The van der Waals surface area contributed by atoms with Gasteiger partial charge in [-0.15, -0.1) is 0 Å². The van der Waals surface area contributed by atoms with E-state index >= 15 is 0 Å². The highest BCUT2D eigenvalue weighted by Gasteiger charge is 2.00. The molecule has 0 aliphatic rings. The maximum absolute atomic E-state index is 11.5. The maximum atomic E-state index is 11.5. The molecule has 0 aromatic carbocycles. The highest BCUT2D eigenvalue weighted by molar-refractivity contribution is 5.78. The van der Waals surface area contributed by atoms with Crippen molar-refractivity contribution in [2.45, 2.75) is 110 Å². The van der Waals surface area contributed by atoms with Gasteiger partial charge in [-0.3, -0.25) is 4.79 Å². The Labute approximate surface area is 145 Å². The Hall–Kier alpha value is -0.630. The smallest absolute Gasteiger partial charge is 0.132 e. The highest BCUT2D eigenvalue weighted by Crippen LogP contribution is 2.10. The number of unbranched alkanes of at least 4 members (excludes halogenated alkanes) is 11. The van der Waals surface area contributed by atoms with Crippen LogP contribution < -0.4 is 5.73 Å². The molecule has 0 spiro atoms. The average Bonchev–Trinajstić information content (AvgIpc) is 2.56. The first-order valence-electron chi connectivity index (χ1n) is 10.2. The summed E-state index contributed by atoms with van der Waals surface area (Å²) in [6.07, 6.45) is 24.0. The lowest BCUT2D eigenvalue weighted by molar-refractivity contribution is -0.119. The molecule has 0 aromatic heterocycles. The topological polar surface area (TPSA) is 43.1 Å². The van der Waals surface area contributed by atoms with Gasteiger partial charge in [-0.2, -0.15) is 0 Å². The van der Waals surface area contributed by atoms with Crippen LogP contribution in [0.4, 0.5) is 0 Å². The second-order valence-electron chi connectivity index (χ2n) is 6.77. The van der Waals surface area contributed by atoms with E-state index in [1.807, 2.05) is 0 Å². The van der Waals surface area contributed by atoms with Crippen LogP contribution in [0.25, 0.3) is 0 Å². The minimum atomic E-state index is 0.396. The number of ketones is 1. The molecule has 2 nitrogen and oxygen atoms in total. The second-order valence-corrected chi connectivity index (χ2v) is 6.77. The first-order valence-corrected chi connectivity index (χ1v) is 10.2. The van der Waals surface area contributed by atoms with E-state index in [4.69, 9.17) is 5.73 Å². The third-order valence-corrected chi connectivity index (χ3v) is 4.38. The lowest BCUT2D eigenvalue weighted by Gasteiger charge is -2.01. The van der Waals surface area contributed by atoms with Crippen molar-refractivity contribution in [3.63, 3.8) is 0 Å². The lowest BCUT2D eigenvalue weighted by Crippen LogP contribution is -2.04. The molecule has 136 valence electrons. The Morgan fingerprint density at radius 3 is 1.74 bits per heavy atom. The normalized spacial score (nSPS) is 11.4. The van der Waals surface area contributed by atoms with Crippen molar-refractivity contribution in [2.75, 3.05) is 6.54 Å². The number of allylic oxidation sites excluding steroid dienone is 2. The van der Waals surface area contributed by atoms with Crippen LogP contribution in [-0.4, -0.2) is 12.3 Å². The van der Waals surface area contributed by atoms with Crippen molar-refractivity contribution in [3.05, 3.63) is 12.2 Å². The van der Waals surface area contributed by atoms with E-state index < -0.39 is 0 Å². The Balaban J connectivity index is 3.14. The van der Waals surface area contributed by atoms with Crippen LogP contribution in [-0.2, 0) is 4.79 Å². The van der Waals surface area contributed by atoms with Crippen molar-refractivity contribution in [2.24, 2.45) is 5.73 Å². The van der Waals surface area contributed by atoms with Gasteiger partial charge in [0.1, 0.15) is 5.78 Å². The molecular weight excluding hydrogens is 282 g/mol. The fourth-order valence-electron chi connectivity index (χ4n) is 2.82. The number of hydrogen-bond acceptors (Lipinski definition) is 2. The van der Waals surface area contributed by atoms with E-state index in [1.54, 1.807) is 0 Å². The third kappa shape index (κ3) is 19.3. The summed E-state index contributed by atoms with van der Waals surface area (Å²) in [4.78, 5) is 11.5. The summed E-state index contributed by atoms with van der Waals surface area (Å²) in [5, 5.41) is 0. The standard InChI is InChI=1S/C21H41NO/c1-2-3-4-5-6-7-8-9-10-11-12-13-14-15-16-18-21(23)19-17-20-22/h9-10H,2-8,11-20,22H2,1H3/b10-9-. The van der Waals surface area contributed by atoms with Gasteiger partial charge in [-0.1, -0.05) is 70.4 Å². The summed E-state index contributed by atoms with van der Waals surface area (Å²) in [5.41, 5.74) is 5.40. The van der Waals surface area contributed by atoms with Gasteiger partial charge < -0.3 is 5.73 Å². The van der Waals surface area contributed by atoms with Crippen LogP contribution in [0.3, 0.4) is 0 Å². The zero-order chi connectivity index (χ0) is 17.0. The molecule has 0 aliphatic carbocycles. The maximum Gasteiger partial charge on any atom is 0.132 e. The Bertz CT molecular complexity index is 273. The quantitative estimate of drug-likeness (QED) is 0.236. The number of nitrogens with two attached hydrogens (primary N) is 1. The number of carbonyl (C=O) groups is 1. The van der Waals surface area contributed by atoms with Gasteiger partial charge in [-0.25, -0.2) is 0 Å². The van der Waals surface area contributed by atoms with E-state index in [-0.39, 0.29) is 0 Å². The fourth-order valence-corrected chi connectivity index (χ4v) is 2.82. The molecule has 23 heavy (non-hydrogen) atoms. The van der Waals surface area contributed by atoms with Gasteiger partial charge in [0.15, 0.2) is 0 Å². The Kier molecular flexibility index (Phi) is 18.9. The molecule has 0 amide bonds. The summed E-state index contributed by atoms with van der Waals surface area (Å²) in [6.45, 7) is 2.91. The monoisotopic (exact) mass is 323 g/mol. The van der Waals surface area contributed by atoms with Crippen molar-refractivity contribution in [1.29, 1.82) is 0 Å². The first-order chi connectivity index (χ1) is 11.3. The molecule has 0 fully saturated rings. The molecule has 2 N–H and O–H groups in total. The number of hydrogen-bond donors (Lipinski definition) is 1. The van der Waals surface area contributed by atoms with Crippen molar-refractivity contribution < 1.29 is 4.79 Å². The molecule has 2 heteroatoms. The lowest BCUT2D eigenvalue weighted by atomic mass is 10.1. The highest BCUT2D eigenvalue weighted by atomic mass is 16.1. The molecule has 0 unspecified atom stereocenters. The van der Waals surface area contributed by atoms with Crippen molar-refractivity contribution in [3.8, 4) is 0 Å². The van der Waals surface area contributed by atoms with Crippen molar-refractivity contribution in [1.82, 2.24) is 0 Å². The fraction of sp³-hybridized carbons (Fsp3) is 0.857. The molecule has 0 heterocycles. The summed E-state index contributed by atoms with van der Waals surface area (Å²) in [5.74, 6) is 0.396. The summed E-state index contributed by atoms with van der Waals surface area (Å²) < 4.78 is 0. The molecule has 0 saturated carbocycles. The largest absolute Gasteiger partial charge is 0.330 e. The summed E-state index contributed by atoms with van der Waals surface area (Å²) >= 11 is 0. The van der Waals surface area contributed by atoms with Gasteiger partial charge in [0, 0.05) is 12.8 Å². The summed E-state index contributed by atoms with van der Waals surface area (Å²) in [6, 6.07) is 0. The predicted molar refractivity (Wildman–Crippen MR) is 103 cm³/mol. The second kappa shape index (κ2) is 19.4. The van der Waals surface area contributed by atoms with Crippen LogP contribution in [0, 0.1) is 0 Å². The summed E-state index contributed by atoms with van der Waals surface area (Å²) in [7, 11) is 0. The van der Waals surface area contributed by atoms with E-state index in [2.05, 4.69) is 19.1 Å². The van der Waals surface area contributed by atoms with E-state index in [9.17, 15) is 4.79 Å². The van der Waals surface area contributed by atoms with Crippen molar-refractivity contribution >= 4 is 5.78 Å². The number of Topliss-reactive ketones (excluding diaryl/α,β-unsaturated/α-hetero) is 1. The van der Waals surface area contributed by atoms with E-state index in [0.29, 0.717) is 18.7 Å². The van der Waals surface area contributed by atoms with Crippen LogP contribution in [0.1, 0.15) is 110 Å². The number of rotatable bonds is 18.